The molecule has 0 atom stereocenters. The van der Waals surface area contributed by atoms with E-state index in [-0.39, 0.29) is 16.8 Å². The van der Waals surface area contributed by atoms with Crippen LogP contribution in [0.15, 0.2) is 16.6 Å². The molecule has 1 aromatic carbocycles. The third-order valence-electron chi connectivity index (χ3n) is 2.00. The van der Waals surface area contributed by atoms with Crippen molar-refractivity contribution >= 4 is 15.9 Å². The lowest BCUT2D eigenvalue weighted by Gasteiger charge is -2.01. The van der Waals surface area contributed by atoms with Crippen LogP contribution >= 0.6 is 15.9 Å². The van der Waals surface area contributed by atoms with Crippen molar-refractivity contribution in [1.82, 2.24) is 15.2 Å². The SMILES string of the molecule is NCc1nc(-c2ccc(F)c(F)c2Br)n[nH]1. The van der Waals surface area contributed by atoms with Gasteiger partial charge in [-0.2, -0.15) is 5.10 Å². The lowest BCUT2D eigenvalue weighted by atomic mass is 10.2. The lowest BCUT2D eigenvalue weighted by molar-refractivity contribution is 0.504. The number of hydrogen-bond acceptors (Lipinski definition) is 3. The summed E-state index contributed by atoms with van der Waals surface area (Å²) >= 11 is 2.96. The van der Waals surface area contributed by atoms with Crippen molar-refractivity contribution in [2.24, 2.45) is 5.73 Å². The summed E-state index contributed by atoms with van der Waals surface area (Å²) in [5.41, 5.74) is 5.72. The molecule has 0 fully saturated rings. The van der Waals surface area contributed by atoms with E-state index >= 15 is 0 Å². The zero-order chi connectivity index (χ0) is 11.7. The fourth-order valence-corrected chi connectivity index (χ4v) is 1.70. The molecule has 3 N–H and O–H groups in total. The fraction of sp³-hybridized carbons (Fsp3) is 0.111. The van der Waals surface area contributed by atoms with Crippen molar-refractivity contribution in [1.29, 1.82) is 0 Å². The van der Waals surface area contributed by atoms with Gasteiger partial charge in [0.05, 0.1) is 11.0 Å². The van der Waals surface area contributed by atoms with Crippen LogP contribution in [-0.4, -0.2) is 15.2 Å². The average Bonchev–Trinajstić information content (AvgIpc) is 2.74. The molecule has 0 amide bonds. The molecule has 0 aliphatic heterocycles. The Morgan fingerprint density at radius 1 is 1.38 bits per heavy atom. The highest BCUT2D eigenvalue weighted by atomic mass is 79.9. The molecule has 7 heteroatoms. The minimum Gasteiger partial charge on any atom is -0.324 e. The molecule has 4 nitrogen and oxygen atoms in total. The van der Waals surface area contributed by atoms with Gasteiger partial charge in [0.25, 0.3) is 0 Å². The van der Waals surface area contributed by atoms with Gasteiger partial charge in [-0.3, -0.25) is 5.10 Å². The molecule has 0 radical (unpaired) electrons. The molecular weight excluding hydrogens is 282 g/mol. The number of hydrogen-bond donors (Lipinski definition) is 2. The third-order valence-corrected chi connectivity index (χ3v) is 2.78. The maximum Gasteiger partial charge on any atom is 0.182 e. The number of benzene rings is 1. The Labute approximate surface area is 98.0 Å². The smallest absolute Gasteiger partial charge is 0.182 e. The number of nitrogens with zero attached hydrogens (tertiary/aromatic N) is 2. The van der Waals surface area contributed by atoms with E-state index in [9.17, 15) is 8.78 Å². The van der Waals surface area contributed by atoms with E-state index in [0.717, 1.165) is 6.07 Å². The minimum atomic E-state index is -0.961. The summed E-state index contributed by atoms with van der Waals surface area (Å²) in [5.74, 6) is -1.14. The molecule has 0 aliphatic rings. The van der Waals surface area contributed by atoms with Gasteiger partial charge in [-0.25, -0.2) is 13.8 Å². The van der Waals surface area contributed by atoms with E-state index in [1.807, 2.05) is 0 Å². The van der Waals surface area contributed by atoms with Crippen molar-refractivity contribution in [3.05, 3.63) is 34.1 Å². The Bertz CT molecular complexity index is 526. The van der Waals surface area contributed by atoms with Gasteiger partial charge in [0.2, 0.25) is 0 Å². The number of H-pyrrole nitrogens is 1. The first kappa shape index (κ1) is 11.2. The standard InChI is InChI=1S/C9H7BrF2N4/c10-7-4(1-2-5(11)8(7)12)9-14-6(3-13)15-16-9/h1-2H,3,13H2,(H,14,15,16). The predicted octanol–water partition coefficient (Wildman–Crippen LogP) is 1.97. The number of aromatic amines is 1. The molecule has 0 spiro atoms. The molecule has 0 bridgehead atoms. The molecule has 84 valence electrons. The first-order valence-corrected chi connectivity index (χ1v) is 5.18. The van der Waals surface area contributed by atoms with Crippen molar-refractivity contribution in [2.75, 3.05) is 0 Å². The highest BCUT2D eigenvalue weighted by molar-refractivity contribution is 9.10. The van der Waals surface area contributed by atoms with Gasteiger partial charge in [-0.15, -0.1) is 0 Å². The Morgan fingerprint density at radius 3 is 2.75 bits per heavy atom. The van der Waals surface area contributed by atoms with Crippen LogP contribution in [0.3, 0.4) is 0 Å². The van der Waals surface area contributed by atoms with Gasteiger partial charge < -0.3 is 5.73 Å². The van der Waals surface area contributed by atoms with Crippen LogP contribution in [0.1, 0.15) is 5.82 Å². The van der Waals surface area contributed by atoms with Gasteiger partial charge in [0.15, 0.2) is 17.5 Å². The summed E-state index contributed by atoms with van der Waals surface area (Å²) in [5, 5.41) is 6.45. The molecule has 2 aromatic rings. The van der Waals surface area contributed by atoms with Crippen molar-refractivity contribution < 1.29 is 8.78 Å². The summed E-state index contributed by atoms with van der Waals surface area (Å²) < 4.78 is 26.1. The molecule has 0 saturated carbocycles. The predicted molar refractivity (Wildman–Crippen MR) is 57.3 cm³/mol. The molecule has 0 unspecified atom stereocenters. The number of rotatable bonds is 2. The molecule has 16 heavy (non-hydrogen) atoms. The summed E-state index contributed by atoms with van der Waals surface area (Å²) in [6, 6.07) is 2.42. The largest absolute Gasteiger partial charge is 0.324 e. The first-order chi connectivity index (χ1) is 7.63. The lowest BCUT2D eigenvalue weighted by Crippen LogP contribution is -1.98. The van der Waals surface area contributed by atoms with E-state index in [1.165, 1.54) is 6.07 Å². The second-order valence-electron chi connectivity index (χ2n) is 3.03. The van der Waals surface area contributed by atoms with Crippen LogP contribution in [0.2, 0.25) is 0 Å². The Hall–Kier alpha value is -1.34. The highest BCUT2D eigenvalue weighted by Gasteiger charge is 2.15. The normalized spacial score (nSPS) is 10.8. The van der Waals surface area contributed by atoms with Gasteiger partial charge in [0.1, 0.15) is 5.82 Å². The summed E-state index contributed by atoms with van der Waals surface area (Å²) in [7, 11) is 0. The van der Waals surface area contributed by atoms with Gasteiger partial charge in [0, 0.05) is 5.56 Å². The maximum atomic E-state index is 13.3. The van der Waals surface area contributed by atoms with Crippen LogP contribution < -0.4 is 5.73 Å². The number of aromatic nitrogens is 3. The fourth-order valence-electron chi connectivity index (χ4n) is 1.21. The van der Waals surface area contributed by atoms with Crippen molar-refractivity contribution in [3.63, 3.8) is 0 Å². The number of nitrogens with one attached hydrogen (secondary N) is 1. The van der Waals surface area contributed by atoms with Gasteiger partial charge in [-0.05, 0) is 28.1 Å². The molecule has 0 aliphatic carbocycles. The van der Waals surface area contributed by atoms with Crippen LogP contribution in [0, 0.1) is 11.6 Å². The average molecular weight is 289 g/mol. The van der Waals surface area contributed by atoms with Crippen LogP contribution in [0.25, 0.3) is 11.4 Å². The molecule has 1 heterocycles. The van der Waals surface area contributed by atoms with E-state index < -0.39 is 11.6 Å². The monoisotopic (exact) mass is 288 g/mol. The summed E-state index contributed by atoms with van der Waals surface area (Å²) in [6.45, 7) is 0.203. The zero-order valence-corrected chi connectivity index (χ0v) is 9.55. The maximum absolute atomic E-state index is 13.3. The first-order valence-electron chi connectivity index (χ1n) is 4.38. The topological polar surface area (TPSA) is 67.6 Å². The van der Waals surface area contributed by atoms with Crippen molar-refractivity contribution in [2.45, 2.75) is 6.54 Å². The Kier molecular flexibility index (Phi) is 2.97. The quantitative estimate of drug-likeness (QED) is 0.831. The third kappa shape index (κ3) is 1.83. The summed E-state index contributed by atoms with van der Waals surface area (Å²) in [6.07, 6.45) is 0. The molecule has 0 saturated heterocycles. The van der Waals surface area contributed by atoms with Crippen molar-refractivity contribution in [3.8, 4) is 11.4 Å². The summed E-state index contributed by atoms with van der Waals surface area (Å²) in [4.78, 5) is 4.02. The van der Waals surface area contributed by atoms with Gasteiger partial charge >= 0.3 is 0 Å². The van der Waals surface area contributed by atoms with E-state index in [4.69, 9.17) is 5.73 Å². The minimum absolute atomic E-state index is 0.00456. The van der Waals surface area contributed by atoms with Crippen LogP contribution in [-0.2, 0) is 6.54 Å². The van der Waals surface area contributed by atoms with E-state index in [2.05, 4.69) is 31.1 Å². The molecule has 2 rings (SSSR count). The number of nitrogens with two attached hydrogens (primary N) is 1. The van der Waals surface area contributed by atoms with E-state index in [1.54, 1.807) is 0 Å². The second kappa shape index (κ2) is 4.26. The van der Waals surface area contributed by atoms with E-state index in [0.29, 0.717) is 11.4 Å². The number of halogens is 3. The zero-order valence-electron chi connectivity index (χ0n) is 7.97. The Morgan fingerprint density at radius 2 is 2.12 bits per heavy atom. The van der Waals surface area contributed by atoms with Crippen LogP contribution in [0.5, 0.6) is 0 Å². The Balaban J connectivity index is 2.52. The van der Waals surface area contributed by atoms with Crippen LogP contribution in [0.4, 0.5) is 8.78 Å². The highest BCUT2D eigenvalue weighted by Crippen LogP contribution is 2.29. The molecular formula is C9H7BrF2N4. The molecule has 1 aromatic heterocycles. The van der Waals surface area contributed by atoms with Gasteiger partial charge in [-0.1, -0.05) is 0 Å². The second-order valence-corrected chi connectivity index (χ2v) is 3.83.